The van der Waals surface area contributed by atoms with Gasteiger partial charge in [-0.1, -0.05) is 182 Å². The van der Waals surface area contributed by atoms with Crippen molar-refractivity contribution < 1.29 is 8.83 Å². The summed E-state index contributed by atoms with van der Waals surface area (Å²) in [6, 6.07) is 101. The molecule has 84 heavy (non-hydrogen) atoms. The molecule has 0 aliphatic heterocycles. The maximum Gasteiger partial charge on any atom is 0.159 e. The lowest BCUT2D eigenvalue weighted by Crippen LogP contribution is -2.10. The van der Waals surface area contributed by atoms with Crippen LogP contribution in [0.15, 0.2) is 288 Å². The average Bonchev–Trinajstić information content (AvgIpc) is 1.63. The zero-order valence-corrected chi connectivity index (χ0v) is 45.2. The molecule has 13 aromatic carbocycles. The van der Waals surface area contributed by atoms with Gasteiger partial charge in [0.25, 0.3) is 0 Å². The molecule has 0 aliphatic carbocycles. The Balaban J connectivity index is 0.770. The van der Waals surface area contributed by atoms with E-state index in [1.54, 1.807) is 0 Å². The first-order chi connectivity index (χ1) is 41.7. The topological polar surface area (TPSA) is 41.6 Å². The van der Waals surface area contributed by atoms with Crippen molar-refractivity contribution in [2.75, 3.05) is 9.80 Å². The highest BCUT2D eigenvalue weighted by molar-refractivity contribution is 6.31. The average molecular weight is 1070 g/mol. The van der Waals surface area contributed by atoms with Crippen LogP contribution in [0.4, 0.5) is 34.1 Å². The summed E-state index contributed by atoms with van der Waals surface area (Å²) >= 11 is 0. The molecule has 0 saturated heterocycles. The fourth-order valence-electron chi connectivity index (χ4n) is 14.5. The zero-order chi connectivity index (χ0) is 54.7. The van der Waals surface area contributed by atoms with E-state index in [0.29, 0.717) is 0 Å². The van der Waals surface area contributed by atoms with Crippen LogP contribution in [0, 0.1) is 0 Å². The highest BCUT2D eigenvalue weighted by atomic mass is 16.3. The Labute approximate surface area is 480 Å². The maximum absolute atomic E-state index is 6.68. The summed E-state index contributed by atoms with van der Waals surface area (Å²) in [5.41, 5.74) is 21.7. The second kappa shape index (κ2) is 17.1. The van der Waals surface area contributed by atoms with E-state index in [4.69, 9.17) is 8.83 Å². The maximum atomic E-state index is 6.68. The Kier molecular flexibility index (Phi) is 9.24. The van der Waals surface area contributed by atoms with Crippen molar-refractivity contribution >= 4 is 154 Å². The van der Waals surface area contributed by atoms with Crippen LogP contribution in [0.25, 0.3) is 142 Å². The van der Waals surface area contributed by atoms with Gasteiger partial charge in [-0.25, -0.2) is 0 Å². The third kappa shape index (κ3) is 6.23. The summed E-state index contributed by atoms with van der Waals surface area (Å²) in [4.78, 5) is 4.67. The van der Waals surface area contributed by atoms with Crippen LogP contribution < -0.4 is 9.80 Å². The number of benzene rings is 13. The van der Waals surface area contributed by atoms with Crippen molar-refractivity contribution in [1.82, 2.24) is 8.80 Å². The summed E-state index contributed by atoms with van der Waals surface area (Å²) in [6.07, 6.45) is 0. The molecule has 0 spiro atoms. The molecule has 0 N–H and O–H groups in total. The first-order valence-electron chi connectivity index (χ1n) is 28.7. The van der Waals surface area contributed by atoms with Crippen molar-refractivity contribution in [2.45, 2.75) is 0 Å². The number of rotatable bonds is 8. The fraction of sp³-hybridized carbons (Fsp3) is 0. The lowest BCUT2D eigenvalue weighted by Gasteiger charge is -2.26. The summed E-state index contributed by atoms with van der Waals surface area (Å²) in [6.45, 7) is 0. The number of nitrogens with zero attached hydrogens (tertiary/aromatic N) is 4. The van der Waals surface area contributed by atoms with Crippen LogP contribution in [0.3, 0.4) is 0 Å². The Morgan fingerprint density at radius 1 is 0.250 bits per heavy atom. The molecular formula is C78H46N4O2. The van der Waals surface area contributed by atoms with Gasteiger partial charge in [-0.3, -0.25) is 0 Å². The molecule has 0 radical (unpaired) electrons. The van der Waals surface area contributed by atoms with Crippen LogP contribution >= 0.6 is 0 Å². The van der Waals surface area contributed by atoms with Crippen LogP contribution in [0.5, 0.6) is 0 Å². The number of aromatic nitrogens is 2. The molecule has 0 aliphatic rings. The third-order valence-corrected chi connectivity index (χ3v) is 17.9. The quantitative estimate of drug-likeness (QED) is 0.152. The van der Waals surface area contributed by atoms with E-state index in [0.717, 1.165) is 89.1 Å². The molecule has 0 unspecified atom stereocenters. The third-order valence-electron chi connectivity index (χ3n) is 17.9. The van der Waals surface area contributed by atoms with E-state index < -0.39 is 0 Å². The van der Waals surface area contributed by atoms with Crippen molar-refractivity contribution in [3.8, 4) is 22.3 Å². The molecule has 0 fully saturated rings. The minimum Gasteiger partial charge on any atom is -0.454 e. The largest absolute Gasteiger partial charge is 0.454 e. The van der Waals surface area contributed by atoms with E-state index in [9.17, 15) is 0 Å². The van der Waals surface area contributed by atoms with E-state index in [2.05, 4.69) is 286 Å². The smallest absolute Gasteiger partial charge is 0.159 e. The van der Waals surface area contributed by atoms with Crippen molar-refractivity contribution in [3.05, 3.63) is 279 Å². The Hall–Kier alpha value is -11.3. The second-order valence-electron chi connectivity index (χ2n) is 22.3. The molecule has 6 heteroatoms. The van der Waals surface area contributed by atoms with Gasteiger partial charge in [-0.05, 0) is 119 Å². The fourth-order valence-corrected chi connectivity index (χ4v) is 14.5. The molecule has 0 amide bonds. The predicted octanol–water partition coefficient (Wildman–Crippen LogP) is 22.1. The van der Waals surface area contributed by atoms with Crippen LogP contribution in [-0.2, 0) is 0 Å². The number of hydrogen-bond donors (Lipinski definition) is 0. The van der Waals surface area contributed by atoms with Gasteiger partial charge in [0.15, 0.2) is 11.2 Å². The molecule has 390 valence electrons. The first kappa shape index (κ1) is 45.4. The van der Waals surface area contributed by atoms with Crippen molar-refractivity contribution in [2.24, 2.45) is 0 Å². The highest BCUT2D eigenvalue weighted by Crippen LogP contribution is 2.50. The van der Waals surface area contributed by atoms with Gasteiger partial charge < -0.3 is 27.4 Å². The van der Waals surface area contributed by atoms with Gasteiger partial charge in [-0.2, -0.15) is 0 Å². The monoisotopic (exact) mass is 1070 g/mol. The molecule has 19 rings (SSSR count). The summed E-state index contributed by atoms with van der Waals surface area (Å²) < 4.78 is 18.4. The van der Waals surface area contributed by atoms with Gasteiger partial charge in [0.2, 0.25) is 0 Å². The summed E-state index contributed by atoms with van der Waals surface area (Å²) in [5, 5.41) is 14.4. The molecule has 0 saturated carbocycles. The molecule has 6 aromatic heterocycles. The first-order valence-corrected chi connectivity index (χ1v) is 28.7. The summed E-state index contributed by atoms with van der Waals surface area (Å²) in [5.74, 6) is 0. The molecule has 19 aromatic rings. The van der Waals surface area contributed by atoms with Crippen LogP contribution in [0.2, 0.25) is 0 Å². The van der Waals surface area contributed by atoms with E-state index in [1.807, 2.05) is 12.1 Å². The Bertz CT molecular complexity index is 5520. The summed E-state index contributed by atoms with van der Waals surface area (Å²) in [7, 11) is 0. The standard InChI is InChI=1S/C78H46N4O2/c1-3-21-49(22-4-1)79(67-39-17-33-59-55-27-7-9-41-71(55)83-77(59)67)51-25-11-19-47(43-51)53-29-15-37-65-73(53)61-35-13-31-57-63-46-70-64(45-69(63)81(65)75(57)61)58-32-14-36-62-74-54(30-16-38-66(74)82(70)76(58)62)48-20-12-26-52(44-48)80(50-23-5-2-6-24-50)68-40-18-34-60-56-28-8-10-42-72(56)84-78(60)68/h1-46H. The van der Waals surface area contributed by atoms with Gasteiger partial charge >= 0.3 is 0 Å². The lowest BCUT2D eigenvalue weighted by molar-refractivity contribution is 0.668. The van der Waals surface area contributed by atoms with Gasteiger partial charge in [0, 0.05) is 87.4 Å². The highest BCUT2D eigenvalue weighted by Gasteiger charge is 2.27. The zero-order valence-electron chi connectivity index (χ0n) is 45.2. The van der Waals surface area contributed by atoms with Gasteiger partial charge in [-0.15, -0.1) is 0 Å². The Morgan fingerprint density at radius 2 is 0.619 bits per heavy atom. The number of fused-ring (bicyclic) bond motifs is 18. The predicted molar refractivity (Wildman–Crippen MR) is 351 cm³/mol. The van der Waals surface area contributed by atoms with Crippen molar-refractivity contribution in [1.29, 1.82) is 0 Å². The minimum absolute atomic E-state index is 0.863. The number of hydrogen-bond acceptors (Lipinski definition) is 4. The second-order valence-corrected chi connectivity index (χ2v) is 22.3. The van der Waals surface area contributed by atoms with Crippen LogP contribution in [0.1, 0.15) is 0 Å². The molecule has 0 atom stereocenters. The van der Waals surface area contributed by atoms with E-state index in [1.165, 1.54) is 87.3 Å². The lowest BCUT2D eigenvalue weighted by atomic mass is 9.97. The van der Waals surface area contributed by atoms with Gasteiger partial charge in [0.1, 0.15) is 11.2 Å². The van der Waals surface area contributed by atoms with Crippen LogP contribution in [-0.4, -0.2) is 8.80 Å². The minimum atomic E-state index is 0.863. The van der Waals surface area contributed by atoms with E-state index in [-0.39, 0.29) is 0 Å². The molecule has 6 heterocycles. The molecule has 6 nitrogen and oxygen atoms in total. The molecular weight excluding hydrogens is 1020 g/mol. The normalized spacial score (nSPS) is 12.3. The Morgan fingerprint density at radius 3 is 1.10 bits per heavy atom. The van der Waals surface area contributed by atoms with Gasteiger partial charge in [0.05, 0.1) is 44.5 Å². The molecule has 0 bridgehead atoms. The SMILES string of the molecule is c1ccc(N(c2cccc(-c3cccc4c3c3cccc5c6cc7c(cc6n4c53)c3cccc4c5c(-c6cccc(N(c8ccccc8)c8cccc9c8oc8ccccc89)c6)cccc5n7c34)c2)c2cccc3c2oc2ccccc23)cc1. The van der Waals surface area contributed by atoms with E-state index >= 15 is 0 Å². The number of furan rings is 2. The number of anilines is 6. The number of para-hydroxylation sites is 8. The van der Waals surface area contributed by atoms with Crippen molar-refractivity contribution in [3.63, 3.8) is 0 Å².